The van der Waals surface area contributed by atoms with E-state index in [9.17, 15) is 9.00 Å². The van der Waals surface area contributed by atoms with Gasteiger partial charge in [0.05, 0.1) is 4.90 Å². The van der Waals surface area contributed by atoms with E-state index in [4.69, 9.17) is 16.2 Å². The molecular formula is C13H10ClNO3S. The molecule has 1 amide bonds. The summed E-state index contributed by atoms with van der Waals surface area (Å²) in [6.07, 6.45) is 0. The Morgan fingerprint density at radius 3 is 2.42 bits per heavy atom. The standard InChI is InChI=1S/C13H10ClNO3S/c14-10-3-1-2-9(8-10)13(16)15-11-4-6-12(7-5-11)19(17)18/h1-8H,(H,15,16)(H,17,18). The average Bonchev–Trinajstić information content (AvgIpc) is 2.39. The minimum atomic E-state index is -2.02. The average molecular weight is 296 g/mol. The fourth-order valence-corrected chi connectivity index (χ4v) is 2.05. The van der Waals surface area contributed by atoms with Crippen molar-refractivity contribution in [2.75, 3.05) is 5.32 Å². The lowest BCUT2D eigenvalue weighted by Gasteiger charge is -2.06. The van der Waals surface area contributed by atoms with E-state index in [2.05, 4.69) is 5.32 Å². The second kappa shape index (κ2) is 5.97. The maximum absolute atomic E-state index is 11.9. The van der Waals surface area contributed by atoms with E-state index in [1.165, 1.54) is 12.1 Å². The Morgan fingerprint density at radius 1 is 1.16 bits per heavy atom. The Labute approximate surface area is 117 Å². The van der Waals surface area contributed by atoms with Gasteiger partial charge in [-0.25, -0.2) is 4.21 Å². The first-order valence-electron chi connectivity index (χ1n) is 5.34. The third-order valence-electron chi connectivity index (χ3n) is 2.40. The first-order valence-corrected chi connectivity index (χ1v) is 6.82. The van der Waals surface area contributed by atoms with Crippen LogP contribution < -0.4 is 5.32 Å². The van der Waals surface area contributed by atoms with Gasteiger partial charge in [-0.1, -0.05) is 17.7 Å². The van der Waals surface area contributed by atoms with Crippen molar-refractivity contribution in [1.82, 2.24) is 0 Å². The first-order chi connectivity index (χ1) is 9.06. The summed E-state index contributed by atoms with van der Waals surface area (Å²) >= 11 is 3.79. The Hall–Kier alpha value is -1.69. The summed E-state index contributed by atoms with van der Waals surface area (Å²) < 4.78 is 19.7. The lowest BCUT2D eigenvalue weighted by atomic mass is 10.2. The minimum absolute atomic E-state index is 0.278. The topological polar surface area (TPSA) is 66.4 Å². The van der Waals surface area contributed by atoms with Gasteiger partial charge in [0.15, 0.2) is 11.1 Å². The van der Waals surface area contributed by atoms with Gasteiger partial charge in [-0.05, 0) is 42.5 Å². The first kappa shape index (κ1) is 13.7. The summed E-state index contributed by atoms with van der Waals surface area (Å²) in [5, 5.41) is 3.16. The number of anilines is 1. The van der Waals surface area contributed by atoms with Crippen molar-refractivity contribution in [3.05, 3.63) is 59.1 Å². The number of benzene rings is 2. The number of carbonyl (C=O) groups excluding carboxylic acids is 1. The van der Waals surface area contributed by atoms with Gasteiger partial charge in [0.25, 0.3) is 5.91 Å². The zero-order chi connectivity index (χ0) is 13.8. The van der Waals surface area contributed by atoms with Crippen molar-refractivity contribution >= 4 is 34.3 Å². The van der Waals surface area contributed by atoms with Crippen LogP contribution in [0.2, 0.25) is 5.02 Å². The number of amides is 1. The van der Waals surface area contributed by atoms with Crippen LogP contribution >= 0.6 is 11.6 Å². The van der Waals surface area contributed by atoms with E-state index in [-0.39, 0.29) is 10.8 Å². The van der Waals surface area contributed by atoms with E-state index in [0.717, 1.165) is 0 Å². The monoisotopic (exact) mass is 295 g/mol. The van der Waals surface area contributed by atoms with E-state index < -0.39 is 11.1 Å². The molecule has 0 spiro atoms. The molecule has 19 heavy (non-hydrogen) atoms. The van der Waals surface area contributed by atoms with Crippen LogP contribution in [-0.2, 0) is 11.1 Å². The second-order valence-electron chi connectivity index (χ2n) is 3.74. The van der Waals surface area contributed by atoms with Crippen LogP contribution in [0.5, 0.6) is 0 Å². The normalized spacial score (nSPS) is 11.9. The molecule has 2 rings (SSSR count). The molecule has 6 heteroatoms. The molecule has 2 aromatic rings. The molecule has 0 radical (unpaired) electrons. The molecule has 0 bridgehead atoms. The van der Waals surface area contributed by atoms with Gasteiger partial charge in [-0.15, -0.1) is 0 Å². The van der Waals surface area contributed by atoms with Crippen molar-refractivity contribution in [2.24, 2.45) is 0 Å². The summed E-state index contributed by atoms with van der Waals surface area (Å²) in [4.78, 5) is 12.2. The molecular weight excluding hydrogens is 286 g/mol. The van der Waals surface area contributed by atoms with Crippen LogP contribution in [0.3, 0.4) is 0 Å². The Bertz CT molecular complexity index is 628. The Kier molecular flexibility index (Phi) is 4.31. The highest BCUT2D eigenvalue weighted by Gasteiger charge is 2.07. The summed E-state index contributed by atoms with van der Waals surface area (Å²) in [5.74, 6) is -0.291. The fourth-order valence-electron chi connectivity index (χ4n) is 1.49. The number of hydrogen-bond donors (Lipinski definition) is 2. The van der Waals surface area contributed by atoms with Gasteiger partial charge >= 0.3 is 0 Å². The number of rotatable bonds is 3. The number of halogens is 1. The van der Waals surface area contributed by atoms with E-state index >= 15 is 0 Å². The maximum atomic E-state index is 11.9. The highest BCUT2D eigenvalue weighted by molar-refractivity contribution is 7.79. The van der Waals surface area contributed by atoms with Gasteiger partial charge in [0, 0.05) is 16.3 Å². The third-order valence-corrected chi connectivity index (χ3v) is 3.31. The summed E-state index contributed by atoms with van der Waals surface area (Å²) in [6.45, 7) is 0. The van der Waals surface area contributed by atoms with Crippen molar-refractivity contribution in [3.63, 3.8) is 0 Å². The quantitative estimate of drug-likeness (QED) is 0.855. The molecule has 1 atom stereocenters. The number of hydrogen-bond acceptors (Lipinski definition) is 2. The van der Waals surface area contributed by atoms with Gasteiger partial charge in [0.2, 0.25) is 0 Å². The van der Waals surface area contributed by atoms with E-state index in [0.29, 0.717) is 16.3 Å². The van der Waals surface area contributed by atoms with Crippen molar-refractivity contribution in [3.8, 4) is 0 Å². The second-order valence-corrected chi connectivity index (χ2v) is 5.14. The third kappa shape index (κ3) is 3.64. The molecule has 4 nitrogen and oxygen atoms in total. The van der Waals surface area contributed by atoms with Crippen molar-refractivity contribution in [1.29, 1.82) is 0 Å². The summed E-state index contributed by atoms with van der Waals surface area (Å²) in [5.41, 5.74) is 0.987. The fraction of sp³-hybridized carbons (Fsp3) is 0. The van der Waals surface area contributed by atoms with Gasteiger partial charge < -0.3 is 9.87 Å². The zero-order valence-electron chi connectivity index (χ0n) is 9.67. The molecule has 2 N–H and O–H groups in total. The molecule has 2 aromatic carbocycles. The number of carbonyl (C=O) groups is 1. The number of nitrogens with one attached hydrogen (secondary N) is 1. The predicted octanol–water partition coefficient (Wildman–Crippen LogP) is 3.17. The molecule has 0 saturated carbocycles. The molecule has 1 unspecified atom stereocenters. The molecule has 0 aromatic heterocycles. The van der Waals surface area contributed by atoms with Crippen LogP contribution in [0.1, 0.15) is 10.4 Å². The molecule has 0 aliphatic heterocycles. The highest BCUT2D eigenvalue weighted by atomic mass is 35.5. The SMILES string of the molecule is O=C(Nc1ccc(S(=O)O)cc1)c1cccc(Cl)c1. The summed E-state index contributed by atoms with van der Waals surface area (Å²) in [6, 6.07) is 12.7. The minimum Gasteiger partial charge on any atom is -0.322 e. The molecule has 0 heterocycles. The Balaban J connectivity index is 2.13. The van der Waals surface area contributed by atoms with Crippen LogP contribution in [0.15, 0.2) is 53.4 Å². The lowest BCUT2D eigenvalue weighted by molar-refractivity contribution is 0.102. The van der Waals surface area contributed by atoms with Crippen molar-refractivity contribution < 1.29 is 13.6 Å². The van der Waals surface area contributed by atoms with Crippen LogP contribution in [0.25, 0.3) is 0 Å². The van der Waals surface area contributed by atoms with Crippen LogP contribution in [-0.4, -0.2) is 14.7 Å². The molecule has 0 aliphatic carbocycles. The molecule has 98 valence electrons. The maximum Gasteiger partial charge on any atom is 0.255 e. The zero-order valence-corrected chi connectivity index (χ0v) is 11.2. The van der Waals surface area contributed by atoms with Gasteiger partial charge in [-0.3, -0.25) is 4.79 Å². The van der Waals surface area contributed by atoms with Crippen LogP contribution in [0.4, 0.5) is 5.69 Å². The van der Waals surface area contributed by atoms with Gasteiger partial charge in [-0.2, -0.15) is 0 Å². The van der Waals surface area contributed by atoms with E-state index in [1.807, 2.05) is 0 Å². The smallest absolute Gasteiger partial charge is 0.255 e. The molecule has 0 fully saturated rings. The van der Waals surface area contributed by atoms with Crippen molar-refractivity contribution in [2.45, 2.75) is 4.90 Å². The molecule has 0 saturated heterocycles. The predicted molar refractivity (Wildman–Crippen MR) is 74.9 cm³/mol. The lowest BCUT2D eigenvalue weighted by Crippen LogP contribution is -2.11. The van der Waals surface area contributed by atoms with E-state index in [1.54, 1.807) is 36.4 Å². The Morgan fingerprint density at radius 2 is 1.84 bits per heavy atom. The van der Waals surface area contributed by atoms with Gasteiger partial charge in [0.1, 0.15) is 0 Å². The summed E-state index contributed by atoms with van der Waals surface area (Å²) in [7, 11) is 0. The molecule has 0 aliphatic rings. The highest BCUT2D eigenvalue weighted by Crippen LogP contribution is 2.15. The van der Waals surface area contributed by atoms with Crippen LogP contribution in [0, 0.1) is 0 Å². The largest absolute Gasteiger partial charge is 0.322 e.